The number of sulfone groups is 1. The van der Waals surface area contributed by atoms with Gasteiger partial charge in [0, 0.05) is 18.6 Å². The van der Waals surface area contributed by atoms with Gasteiger partial charge in [-0.1, -0.05) is 24.3 Å². The third-order valence-corrected chi connectivity index (χ3v) is 10.1. The number of hydrogen-bond donors (Lipinski definition) is 0. The van der Waals surface area contributed by atoms with E-state index in [4.69, 9.17) is 4.74 Å². The highest BCUT2D eigenvalue weighted by atomic mass is 32.2. The number of rotatable bonds is 7. The van der Waals surface area contributed by atoms with Crippen LogP contribution in [0.1, 0.15) is 36.2 Å². The summed E-state index contributed by atoms with van der Waals surface area (Å²) in [7, 11) is -7.10. The average Bonchev–Trinajstić information content (AvgIpc) is 3.36. The van der Waals surface area contributed by atoms with Gasteiger partial charge in [0.05, 0.1) is 27.7 Å². The van der Waals surface area contributed by atoms with Gasteiger partial charge in [0.25, 0.3) is 15.9 Å². The van der Waals surface area contributed by atoms with Crippen molar-refractivity contribution < 1.29 is 31.2 Å². The van der Waals surface area contributed by atoms with Crippen LogP contribution in [0.5, 0.6) is 0 Å². The van der Waals surface area contributed by atoms with Crippen LogP contribution in [0.3, 0.4) is 0 Å². The van der Waals surface area contributed by atoms with Crippen LogP contribution in [0.4, 0.5) is 5.69 Å². The Hall–Kier alpha value is -2.92. The van der Waals surface area contributed by atoms with E-state index in [-0.39, 0.29) is 28.0 Å². The molecule has 1 fully saturated rings. The van der Waals surface area contributed by atoms with E-state index < -0.39 is 44.4 Å². The van der Waals surface area contributed by atoms with Gasteiger partial charge in [-0.2, -0.15) is 0 Å². The summed E-state index contributed by atoms with van der Waals surface area (Å²) >= 11 is 0. The lowest BCUT2D eigenvalue weighted by molar-refractivity contribution is -0.136. The molecule has 0 saturated carbocycles. The molecule has 2 atom stereocenters. The highest BCUT2D eigenvalue weighted by Gasteiger charge is 2.36. The number of hydrogen-bond acceptors (Lipinski definition) is 7. The maximum absolute atomic E-state index is 13.4. The van der Waals surface area contributed by atoms with Crippen LogP contribution in [-0.4, -0.2) is 70.4 Å². The molecule has 0 radical (unpaired) electrons. The first-order valence-corrected chi connectivity index (χ1v) is 14.7. The number of anilines is 1. The topological polar surface area (TPSA) is 118 Å². The predicted octanol–water partition coefficient (Wildman–Crippen LogP) is 2.02. The highest BCUT2D eigenvalue weighted by molar-refractivity contribution is 7.93. The van der Waals surface area contributed by atoms with Crippen LogP contribution in [0.25, 0.3) is 0 Å². The molecule has 2 aromatic rings. The number of likely N-dealkylation sites (N-methyl/N-ethyl adjacent to an activating group) is 1. The SMILES string of the molecule is CCN(C(=O)COC(=O)c1cccc(S(=O)(=O)N2c3ccccc3CC2C)c1)C1CCS(=O)(=O)C1. The van der Waals surface area contributed by atoms with Gasteiger partial charge in [0.2, 0.25) is 0 Å². The Bertz CT molecular complexity index is 1360. The van der Waals surface area contributed by atoms with Crippen molar-refractivity contribution in [3.63, 3.8) is 0 Å². The molecule has 2 heterocycles. The molecule has 1 saturated heterocycles. The normalized spacial score (nSPS) is 20.9. The molecule has 0 bridgehead atoms. The number of amides is 1. The number of ether oxygens (including phenoxy) is 1. The number of esters is 1. The summed E-state index contributed by atoms with van der Waals surface area (Å²) < 4.78 is 56.9. The fourth-order valence-corrected chi connectivity index (χ4v) is 8.22. The van der Waals surface area contributed by atoms with Crippen molar-refractivity contribution in [1.82, 2.24) is 4.90 Å². The second-order valence-electron chi connectivity index (χ2n) is 8.82. The molecule has 35 heavy (non-hydrogen) atoms. The molecule has 4 rings (SSSR count). The molecular weight excluding hydrogens is 492 g/mol. The van der Waals surface area contributed by atoms with Crippen molar-refractivity contribution in [1.29, 1.82) is 0 Å². The number of fused-ring (bicyclic) bond motifs is 1. The van der Waals surface area contributed by atoms with Crippen molar-refractivity contribution in [3.8, 4) is 0 Å². The molecule has 2 unspecified atom stereocenters. The van der Waals surface area contributed by atoms with Crippen molar-refractivity contribution in [2.75, 3.05) is 29.0 Å². The quantitative estimate of drug-likeness (QED) is 0.513. The van der Waals surface area contributed by atoms with Crippen molar-refractivity contribution in [2.24, 2.45) is 0 Å². The first-order chi connectivity index (χ1) is 16.5. The summed E-state index contributed by atoms with van der Waals surface area (Å²) in [6.07, 6.45) is 0.948. The lowest BCUT2D eigenvalue weighted by Crippen LogP contribution is -2.43. The number of sulfonamides is 1. The van der Waals surface area contributed by atoms with E-state index in [1.54, 1.807) is 19.1 Å². The monoisotopic (exact) mass is 520 g/mol. The Balaban J connectivity index is 1.47. The van der Waals surface area contributed by atoms with Gasteiger partial charge in [0.1, 0.15) is 0 Å². The fraction of sp³-hybridized carbons (Fsp3) is 0.417. The van der Waals surface area contributed by atoms with E-state index in [0.717, 1.165) is 5.56 Å². The van der Waals surface area contributed by atoms with Gasteiger partial charge in [-0.25, -0.2) is 21.6 Å². The minimum Gasteiger partial charge on any atom is -0.452 e. The minimum absolute atomic E-state index is 0.00510. The van der Waals surface area contributed by atoms with Gasteiger partial charge in [-0.3, -0.25) is 9.10 Å². The molecule has 9 nitrogen and oxygen atoms in total. The molecule has 1 amide bonds. The standard InChI is InChI=1S/C24H28N2O7S2/c1-3-25(20-11-12-34(29,30)16-20)23(27)15-33-24(28)19-8-6-9-21(14-19)35(31,32)26-17(2)13-18-7-4-5-10-22(18)26/h4-10,14,17,20H,3,11-13,15-16H2,1-2H3. The van der Waals surface area contributed by atoms with Gasteiger partial charge < -0.3 is 9.64 Å². The number of carbonyl (C=O) groups excluding carboxylic acids is 2. The lowest BCUT2D eigenvalue weighted by atomic mass is 10.1. The van der Waals surface area contributed by atoms with Gasteiger partial charge in [-0.05, 0) is 56.5 Å². The second-order valence-corrected chi connectivity index (χ2v) is 12.9. The van der Waals surface area contributed by atoms with Crippen LogP contribution in [0, 0.1) is 0 Å². The van der Waals surface area contributed by atoms with Crippen LogP contribution < -0.4 is 4.31 Å². The fourth-order valence-electron chi connectivity index (χ4n) is 4.75. The Morgan fingerprint density at radius 2 is 1.89 bits per heavy atom. The number of benzene rings is 2. The van der Waals surface area contributed by atoms with Gasteiger partial charge in [0.15, 0.2) is 16.4 Å². The Morgan fingerprint density at radius 3 is 2.57 bits per heavy atom. The van der Waals surface area contributed by atoms with Gasteiger partial charge >= 0.3 is 5.97 Å². The summed E-state index contributed by atoms with van der Waals surface area (Å²) in [6.45, 7) is 3.30. The molecular formula is C24H28N2O7S2. The molecule has 2 aliphatic rings. The maximum Gasteiger partial charge on any atom is 0.338 e. The molecule has 2 aliphatic heterocycles. The maximum atomic E-state index is 13.4. The third kappa shape index (κ3) is 5.06. The van der Waals surface area contributed by atoms with E-state index in [1.807, 2.05) is 19.1 Å². The smallest absolute Gasteiger partial charge is 0.338 e. The minimum atomic E-state index is -3.93. The summed E-state index contributed by atoms with van der Waals surface area (Å²) in [5, 5.41) is 0. The Kier molecular flexibility index (Phi) is 6.92. The van der Waals surface area contributed by atoms with Crippen molar-refractivity contribution >= 4 is 37.4 Å². The van der Waals surface area contributed by atoms with E-state index in [9.17, 15) is 26.4 Å². The van der Waals surface area contributed by atoms with Crippen LogP contribution in [0.2, 0.25) is 0 Å². The largest absolute Gasteiger partial charge is 0.452 e. The number of nitrogens with zero attached hydrogens (tertiary/aromatic N) is 2. The summed E-state index contributed by atoms with van der Waals surface area (Å²) in [4.78, 5) is 26.6. The number of para-hydroxylation sites is 1. The first-order valence-electron chi connectivity index (χ1n) is 11.4. The zero-order chi connectivity index (χ0) is 25.4. The Labute approximate surface area is 205 Å². The van der Waals surface area contributed by atoms with E-state index >= 15 is 0 Å². The van der Waals surface area contributed by atoms with E-state index in [1.165, 1.54) is 33.5 Å². The van der Waals surface area contributed by atoms with Gasteiger partial charge in [-0.15, -0.1) is 0 Å². The summed E-state index contributed by atoms with van der Waals surface area (Å²) in [6, 6.07) is 12.1. The molecule has 0 spiro atoms. The molecule has 2 aromatic carbocycles. The third-order valence-electron chi connectivity index (χ3n) is 6.41. The Morgan fingerprint density at radius 1 is 1.14 bits per heavy atom. The van der Waals surface area contributed by atoms with Crippen molar-refractivity contribution in [2.45, 2.75) is 43.7 Å². The average molecular weight is 521 g/mol. The zero-order valence-electron chi connectivity index (χ0n) is 19.6. The summed E-state index contributed by atoms with van der Waals surface area (Å²) in [5.74, 6) is -1.39. The zero-order valence-corrected chi connectivity index (χ0v) is 21.2. The number of carbonyl (C=O) groups is 2. The van der Waals surface area contributed by atoms with Crippen molar-refractivity contribution in [3.05, 3.63) is 59.7 Å². The first kappa shape index (κ1) is 25.2. The van der Waals surface area contributed by atoms with Crippen LogP contribution >= 0.6 is 0 Å². The lowest BCUT2D eigenvalue weighted by Gasteiger charge is -2.26. The molecule has 0 aromatic heterocycles. The van der Waals surface area contributed by atoms with E-state index in [2.05, 4.69) is 0 Å². The molecule has 0 aliphatic carbocycles. The highest BCUT2D eigenvalue weighted by Crippen LogP contribution is 2.36. The molecule has 11 heteroatoms. The van der Waals surface area contributed by atoms with Crippen LogP contribution in [0.15, 0.2) is 53.4 Å². The second kappa shape index (κ2) is 9.62. The molecule has 0 N–H and O–H groups in total. The summed E-state index contributed by atoms with van der Waals surface area (Å²) in [5.41, 5.74) is 1.56. The van der Waals surface area contributed by atoms with Crippen LogP contribution in [-0.2, 0) is 35.8 Å². The predicted molar refractivity (Wildman–Crippen MR) is 130 cm³/mol. The van der Waals surface area contributed by atoms with E-state index in [0.29, 0.717) is 25.1 Å². The molecule has 188 valence electrons.